The predicted molar refractivity (Wildman–Crippen MR) is 134 cm³/mol. The van der Waals surface area contributed by atoms with Gasteiger partial charge in [0.15, 0.2) is 5.58 Å². The molecule has 1 N–H and O–H groups in total. The first kappa shape index (κ1) is 23.5. The van der Waals surface area contributed by atoms with E-state index >= 15 is 0 Å². The number of nitrogens with one attached hydrogen (secondary N) is 1. The van der Waals surface area contributed by atoms with Crippen LogP contribution in [0.15, 0.2) is 47.1 Å². The highest BCUT2D eigenvalue weighted by Gasteiger charge is 2.48. The number of hydrogen-bond donors (Lipinski definition) is 1. The van der Waals surface area contributed by atoms with E-state index in [2.05, 4.69) is 19.2 Å². The number of amides is 2. The maximum atomic E-state index is 13.9. The Balaban J connectivity index is 1.47. The van der Waals surface area contributed by atoms with Crippen LogP contribution >= 0.6 is 0 Å². The average Bonchev–Trinajstić information content (AvgIpc) is 3.45. The first-order valence-electron chi connectivity index (χ1n) is 12.8. The van der Waals surface area contributed by atoms with Gasteiger partial charge in [-0.15, -0.1) is 0 Å². The molecule has 1 aliphatic heterocycles. The third kappa shape index (κ3) is 4.32. The molecule has 0 radical (unpaired) electrons. The fraction of sp³-hybridized carbons (Fsp3) is 0.500. The van der Waals surface area contributed by atoms with E-state index in [1.807, 2.05) is 41.8 Å². The quantitative estimate of drug-likeness (QED) is 0.512. The third-order valence-electron chi connectivity index (χ3n) is 7.70. The normalized spacial score (nSPS) is 24.4. The Kier molecular flexibility index (Phi) is 6.34. The summed E-state index contributed by atoms with van der Waals surface area (Å²) in [7, 11) is 0. The largest absolute Gasteiger partial charge is 0.494 e. The summed E-state index contributed by atoms with van der Waals surface area (Å²) >= 11 is 0. The lowest BCUT2D eigenvalue weighted by atomic mass is 9.85. The molecule has 3 atom stereocenters. The maximum Gasteiger partial charge on any atom is 0.271 e. The SMILES string of the molecule is CCCOc1ccc(CN2C(=O)c3cc4occc4n3CC2(C)C(=O)NC2CCCCC2C)cc1. The molecule has 1 saturated carbocycles. The van der Waals surface area contributed by atoms with Crippen LogP contribution in [0, 0.1) is 5.92 Å². The fourth-order valence-corrected chi connectivity index (χ4v) is 5.47. The van der Waals surface area contributed by atoms with Gasteiger partial charge in [0.1, 0.15) is 17.0 Å². The molecule has 186 valence electrons. The van der Waals surface area contributed by atoms with E-state index in [4.69, 9.17) is 9.15 Å². The van der Waals surface area contributed by atoms with Crippen LogP contribution in [0.3, 0.4) is 0 Å². The van der Waals surface area contributed by atoms with Crippen molar-refractivity contribution in [3.05, 3.63) is 53.9 Å². The number of carbonyl (C=O) groups is 2. The van der Waals surface area contributed by atoms with Gasteiger partial charge in [0.05, 0.1) is 24.9 Å². The van der Waals surface area contributed by atoms with Crippen LogP contribution in [0.1, 0.15) is 68.9 Å². The minimum atomic E-state index is -1.04. The summed E-state index contributed by atoms with van der Waals surface area (Å²) in [4.78, 5) is 29.5. The van der Waals surface area contributed by atoms with Gasteiger partial charge in [-0.2, -0.15) is 0 Å². The summed E-state index contributed by atoms with van der Waals surface area (Å²) in [6.07, 6.45) is 7.00. The Bertz CT molecular complexity index is 1210. The van der Waals surface area contributed by atoms with Gasteiger partial charge in [-0.3, -0.25) is 9.59 Å². The first-order valence-corrected chi connectivity index (χ1v) is 12.8. The van der Waals surface area contributed by atoms with Crippen LogP contribution in [0.25, 0.3) is 11.1 Å². The number of ether oxygens (including phenoxy) is 1. The van der Waals surface area contributed by atoms with Gasteiger partial charge in [-0.05, 0) is 49.8 Å². The molecule has 1 fully saturated rings. The Hall–Kier alpha value is -3.22. The second-order valence-electron chi connectivity index (χ2n) is 10.3. The molecule has 1 aliphatic carbocycles. The van der Waals surface area contributed by atoms with Crippen molar-refractivity contribution in [2.24, 2.45) is 5.92 Å². The molecule has 2 amide bonds. The third-order valence-corrected chi connectivity index (χ3v) is 7.70. The molecule has 0 bridgehead atoms. The molecular formula is C28H35N3O4. The van der Waals surface area contributed by atoms with Gasteiger partial charge >= 0.3 is 0 Å². The molecule has 2 aromatic heterocycles. The molecule has 35 heavy (non-hydrogen) atoms. The van der Waals surface area contributed by atoms with E-state index in [0.717, 1.165) is 42.5 Å². The highest BCUT2D eigenvalue weighted by atomic mass is 16.5. The molecule has 7 nitrogen and oxygen atoms in total. The first-order chi connectivity index (χ1) is 16.9. The molecule has 0 saturated heterocycles. The van der Waals surface area contributed by atoms with Crippen LogP contribution in [-0.4, -0.2) is 39.5 Å². The van der Waals surface area contributed by atoms with Crippen LogP contribution in [0.2, 0.25) is 0 Å². The second-order valence-corrected chi connectivity index (χ2v) is 10.3. The lowest BCUT2D eigenvalue weighted by molar-refractivity contribution is -0.134. The number of aromatic nitrogens is 1. The number of nitrogens with zero attached hydrogens (tertiary/aromatic N) is 2. The van der Waals surface area contributed by atoms with Gasteiger partial charge < -0.3 is 23.9 Å². The van der Waals surface area contributed by atoms with Crippen molar-refractivity contribution in [1.82, 2.24) is 14.8 Å². The monoisotopic (exact) mass is 477 g/mol. The lowest BCUT2D eigenvalue weighted by Crippen LogP contribution is -2.65. The maximum absolute atomic E-state index is 13.9. The topological polar surface area (TPSA) is 76.7 Å². The molecule has 3 heterocycles. The van der Waals surface area contributed by atoms with Crippen LogP contribution in [-0.2, 0) is 17.9 Å². The molecule has 5 rings (SSSR count). The summed E-state index contributed by atoms with van der Waals surface area (Å²) in [5, 5.41) is 3.32. The average molecular weight is 478 g/mol. The van der Waals surface area contributed by atoms with Crippen molar-refractivity contribution in [3.8, 4) is 5.75 Å². The Labute approximate surface area is 206 Å². The standard InChI is InChI=1S/C28H35N3O4/c1-4-14-34-21-11-9-20(10-12-21)17-31-26(32)24-16-25-23(13-15-35-25)30(24)18-28(31,3)27(33)29-22-8-6-5-7-19(22)2/h9-13,15-16,19,22H,4-8,14,17-18H2,1-3H3,(H,29,33). The van der Waals surface area contributed by atoms with Crippen molar-refractivity contribution in [2.45, 2.75) is 77.5 Å². The van der Waals surface area contributed by atoms with Crippen LogP contribution in [0.4, 0.5) is 0 Å². The Morgan fingerprint density at radius 2 is 1.97 bits per heavy atom. The minimum Gasteiger partial charge on any atom is -0.494 e. The van der Waals surface area contributed by atoms with Crippen LogP contribution in [0.5, 0.6) is 5.75 Å². The van der Waals surface area contributed by atoms with E-state index in [0.29, 0.717) is 36.9 Å². The van der Waals surface area contributed by atoms with E-state index in [-0.39, 0.29) is 17.9 Å². The van der Waals surface area contributed by atoms with Gasteiger partial charge in [-0.25, -0.2) is 0 Å². The van der Waals surface area contributed by atoms with E-state index in [1.54, 1.807) is 17.2 Å². The van der Waals surface area contributed by atoms with Crippen molar-refractivity contribution >= 4 is 22.9 Å². The van der Waals surface area contributed by atoms with Gasteiger partial charge in [-0.1, -0.05) is 38.8 Å². The summed E-state index contributed by atoms with van der Waals surface area (Å²) in [5.74, 6) is 0.982. The number of fused-ring (bicyclic) bond motifs is 3. The van der Waals surface area contributed by atoms with Gasteiger partial charge in [0.25, 0.3) is 5.91 Å². The minimum absolute atomic E-state index is 0.0940. The van der Waals surface area contributed by atoms with Crippen molar-refractivity contribution in [3.63, 3.8) is 0 Å². The summed E-state index contributed by atoms with van der Waals surface area (Å²) in [6, 6.07) is 11.6. The molecule has 3 aromatic rings. The van der Waals surface area contributed by atoms with E-state index in [9.17, 15) is 9.59 Å². The van der Waals surface area contributed by atoms with E-state index in [1.165, 1.54) is 6.42 Å². The number of furan rings is 1. The molecular weight excluding hydrogens is 442 g/mol. The smallest absolute Gasteiger partial charge is 0.271 e. The number of carbonyl (C=O) groups excluding carboxylic acids is 2. The van der Waals surface area contributed by atoms with Crippen LogP contribution < -0.4 is 10.1 Å². The lowest BCUT2D eigenvalue weighted by Gasteiger charge is -2.45. The Morgan fingerprint density at radius 1 is 1.20 bits per heavy atom. The summed E-state index contributed by atoms with van der Waals surface area (Å²) < 4.78 is 13.2. The number of hydrogen-bond acceptors (Lipinski definition) is 4. The molecule has 7 heteroatoms. The highest BCUT2D eigenvalue weighted by molar-refractivity contribution is 6.02. The molecule has 0 spiro atoms. The fourth-order valence-electron chi connectivity index (χ4n) is 5.47. The summed E-state index contributed by atoms with van der Waals surface area (Å²) in [5.41, 5.74) is 1.98. The Morgan fingerprint density at radius 3 is 2.71 bits per heavy atom. The van der Waals surface area contributed by atoms with Crippen molar-refractivity contribution in [2.75, 3.05) is 6.61 Å². The summed E-state index contributed by atoms with van der Waals surface area (Å²) in [6.45, 7) is 7.55. The number of benzene rings is 1. The van der Waals surface area contributed by atoms with Gasteiger partial charge in [0, 0.05) is 24.7 Å². The van der Waals surface area contributed by atoms with Crippen molar-refractivity contribution < 1.29 is 18.7 Å². The van der Waals surface area contributed by atoms with Crippen molar-refractivity contribution in [1.29, 1.82) is 0 Å². The zero-order chi connectivity index (χ0) is 24.6. The zero-order valence-electron chi connectivity index (χ0n) is 20.9. The predicted octanol–water partition coefficient (Wildman–Crippen LogP) is 5.13. The molecule has 1 aromatic carbocycles. The number of rotatable bonds is 7. The highest BCUT2D eigenvalue weighted by Crippen LogP contribution is 2.35. The zero-order valence-corrected chi connectivity index (χ0v) is 20.9. The molecule has 2 aliphatic rings. The van der Waals surface area contributed by atoms with E-state index < -0.39 is 5.54 Å². The molecule has 3 unspecified atom stereocenters. The second kappa shape index (κ2) is 9.44. The van der Waals surface area contributed by atoms with Gasteiger partial charge in [0.2, 0.25) is 5.91 Å².